The van der Waals surface area contributed by atoms with Gasteiger partial charge in [-0.3, -0.25) is 4.79 Å². The van der Waals surface area contributed by atoms with Gasteiger partial charge in [0.25, 0.3) is 0 Å². The molecule has 0 spiro atoms. The van der Waals surface area contributed by atoms with Crippen molar-refractivity contribution in [2.75, 3.05) is 0 Å². The molecule has 1 N–H and O–H groups in total. The predicted molar refractivity (Wildman–Crippen MR) is 61.0 cm³/mol. The van der Waals surface area contributed by atoms with Gasteiger partial charge < -0.3 is 5.11 Å². The molecule has 0 radical (unpaired) electrons. The number of hydrogen-bond acceptors (Lipinski definition) is 2. The summed E-state index contributed by atoms with van der Waals surface area (Å²) < 4.78 is 0. The van der Waals surface area contributed by atoms with Gasteiger partial charge in [0.15, 0.2) is 0 Å². The summed E-state index contributed by atoms with van der Waals surface area (Å²) in [5, 5.41) is 9.23. The highest BCUT2D eigenvalue weighted by Gasteiger charge is 2.02. The van der Waals surface area contributed by atoms with Crippen molar-refractivity contribution in [1.82, 2.24) is 0 Å². The number of phenolic OH excluding ortho intramolecular Hbond substituents is 1. The zero-order valence-corrected chi connectivity index (χ0v) is 9.20. The Balaban J connectivity index is 2.33. The fraction of sp³-hybridized carbons (Fsp3) is 0.462. The standard InChI is InChI=1S/C13H18O2/c1-2-3-6-12(14)9-8-11-5-4-7-13(15)10-11/h4-5,7,10,15H,2-3,6,8-9H2,1H3. The van der Waals surface area contributed by atoms with Crippen molar-refractivity contribution in [1.29, 1.82) is 0 Å². The van der Waals surface area contributed by atoms with Crippen molar-refractivity contribution in [3.8, 4) is 5.75 Å². The van der Waals surface area contributed by atoms with Crippen molar-refractivity contribution >= 4 is 5.78 Å². The number of aryl methyl sites for hydroxylation is 1. The molecule has 15 heavy (non-hydrogen) atoms. The first-order valence-electron chi connectivity index (χ1n) is 5.52. The van der Waals surface area contributed by atoms with E-state index < -0.39 is 0 Å². The van der Waals surface area contributed by atoms with E-state index in [0.29, 0.717) is 18.6 Å². The largest absolute Gasteiger partial charge is 0.508 e. The maximum Gasteiger partial charge on any atom is 0.133 e. The molecule has 0 aliphatic rings. The van der Waals surface area contributed by atoms with Gasteiger partial charge in [0, 0.05) is 12.8 Å². The second kappa shape index (κ2) is 6.23. The van der Waals surface area contributed by atoms with Crippen molar-refractivity contribution < 1.29 is 9.90 Å². The Hall–Kier alpha value is -1.31. The normalized spacial score (nSPS) is 10.2. The summed E-state index contributed by atoms with van der Waals surface area (Å²) >= 11 is 0. The Kier molecular flexibility index (Phi) is 4.88. The molecule has 82 valence electrons. The molecular weight excluding hydrogens is 188 g/mol. The number of rotatable bonds is 6. The Morgan fingerprint density at radius 1 is 1.33 bits per heavy atom. The lowest BCUT2D eigenvalue weighted by Crippen LogP contribution is -1.99. The molecule has 0 bridgehead atoms. The van der Waals surface area contributed by atoms with Gasteiger partial charge in [0.2, 0.25) is 0 Å². The Morgan fingerprint density at radius 2 is 2.13 bits per heavy atom. The Bertz CT molecular complexity index is 318. The highest BCUT2D eigenvalue weighted by molar-refractivity contribution is 5.78. The van der Waals surface area contributed by atoms with E-state index in [9.17, 15) is 9.90 Å². The molecule has 0 aromatic heterocycles. The smallest absolute Gasteiger partial charge is 0.133 e. The molecule has 0 unspecified atom stereocenters. The van der Waals surface area contributed by atoms with Crippen LogP contribution in [0.15, 0.2) is 24.3 Å². The number of hydrogen-bond donors (Lipinski definition) is 1. The molecule has 2 nitrogen and oxygen atoms in total. The topological polar surface area (TPSA) is 37.3 Å². The van der Waals surface area contributed by atoms with Crippen LogP contribution in [0.5, 0.6) is 5.75 Å². The van der Waals surface area contributed by atoms with Crippen LogP contribution >= 0.6 is 0 Å². The number of carbonyl (C=O) groups is 1. The van der Waals surface area contributed by atoms with Crippen molar-refractivity contribution in [2.45, 2.75) is 39.0 Å². The molecule has 1 rings (SSSR count). The van der Waals surface area contributed by atoms with Gasteiger partial charge in [-0.2, -0.15) is 0 Å². The number of unbranched alkanes of at least 4 members (excludes halogenated alkanes) is 1. The first kappa shape index (κ1) is 11.8. The first-order valence-corrected chi connectivity index (χ1v) is 5.52. The third-order valence-corrected chi connectivity index (χ3v) is 2.41. The van der Waals surface area contributed by atoms with Gasteiger partial charge in [-0.05, 0) is 30.5 Å². The lowest BCUT2D eigenvalue weighted by molar-refractivity contribution is -0.119. The van der Waals surface area contributed by atoms with E-state index in [2.05, 4.69) is 6.92 Å². The average Bonchev–Trinajstić information content (AvgIpc) is 2.23. The fourth-order valence-electron chi connectivity index (χ4n) is 1.49. The number of phenols is 1. The van der Waals surface area contributed by atoms with Crippen LogP contribution in [0.4, 0.5) is 0 Å². The van der Waals surface area contributed by atoms with E-state index in [0.717, 1.165) is 24.8 Å². The van der Waals surface area contributed by atoms with Gasteiger partial charge >= 0.3 is 0 Å². The molecule has 0 aliphatic heterocycles. The monoisotopic (exact) mass is 206 g/mol. The van der Waals surface area contributed by atoms with Gasteiger partial charge in [-0.1, -0.05) is 25.5 Å². The van der Waals surface area contributed by atoms with E-state index in [-0.39, 0.29) is 5.75 Å². The predicted octanol–water partition coefficient (Wildman–Crippen LogP) is 3.08. The molecule has 0 atom stereocenters. The SMILES string of the molecule is CCCCC(=O)CCc1cccc(O)c1. The van der Waals surface area contributed by atoms with Gasteiger partial charge in [-0.25, -0.2) is 0 Å². The highest BCUT2D eigenvalue weighted by Crippen LogP contribution is 2.13. The van der Waals surface area contributed by atoms with Crippen LogP contribution in [-0.2, 0) is 11.2 Å². The van der Waals surface area contributed by atoms with Crippen LogP contribution in [-0.4, -0.2) is 10.9 Å². The molecule has 1 aromatic carbocycles. The molecular formula is C13H18O2. The van der Waals surface area contributed by atoms with Gasteiger partial charge in [0.1, 0.15) is 11.5 Å². The summed E-state index contributed by atoms with van der Waals surface area (Å²) in [6.07, 6.45) is 4.06. The summed E-state index contributed by atoms with van der Waals surface area (Å²) in [5.74, 6) is 0.591. The molecule has 0 saturated heterocycles. The molecule has 0 amide bonds. The highest BCUT2D eigenvalue weighted by atomic mass is 16.3. The Labute approximate surface area is 90.9 Å². The summed E-state index contributed by atoms with van der Waals surface area (Å²) in [7, 11) is 0. The van der Waals surface area contributed by atoms with Crippen molar-refractivity contribution in [2.24, 2.45) is 0 Å². The summed E-state index contributed by atoms with van der Waals surface area (Å²) in [6.45, 7) is 2.09. The van der Waals surface area contributed by atoms with Crippen LogP contribution in [0.25, 0.3) is 0 Å². The molecule has 0 fully saturated rings. The first-order chi connectivity index (χ1) is 7.22. The lowest BCUT2D eigenvalue weighted by Gasteiger charge is -2.01. The molecule has 2 heteroatoms. The Morgan fingerprint density at radius 3 is 2.80 bits per heavy atom. The van der Waals surface area contributed by atoms with Crippen molar-refractivity contribution in [3.05, 3.63) is 29.8 Å². The number of Topliss-reactive ketones (excluding diaryl/α,β-unsaturated/α-hetero) is 1. The van der Waals surface area contributed by atoms with E-state index in [4.69, 9.17) is 0 Å². The number of benzene rings is 1. The lowest BCUT2D eigenvalue weighted by atomic mass is 10.0. The number of aromatic hydroxyl groups is 1. The summed E-state index contributed by atoms with van der Waals surface area (Å²) in [6, 6.07) is 7.10. The van der Waals surface area contributed by atoms with Crippen LogP contribution < -0.4 is 0 Å². The van der Waals surface area contributed by atoms with Crippen LogP contribution in [0, 0.1) is 0 Å². The van der Waals surface area contributed by atoms with E-state index in [1.54, 1.807) is 18.2 Å². The minimum absolute atomic E-state index is 0.272. The summed E-state index contributed by atoms with van der Waals surface area (Å²) in [4.78, 5) is 11.4. The quantitative estimate of drug-likeness (QED) is 0.776. The zero-order chi connectivity index (χ0) is 11.1. The average molecular weight is 206 g/mol. The second-order valence-corrected chi connectivity index (χ2v) is 3.81. The van der Waals surface area contributed by atoms with E-state index in [1.807, 2.05) is 6.07 Å². The maximum atomic E-state index is 11.4. The molecule has 0 aliphatic carbocycles. The second-order valence-electron chi connectivity index (χ2n) is 3.81. The minimum Gasteiger partial charge on any atom is -0.508 e. The van der Waals surface area contributed by atoms with Crippen LogP contribution in [0.1, 0.15) is 38.2 Å². The number of ketones is 1. The molecule has 0 saturated carbocycles. The molecule has 0 heterocycles. The summed E-state index contributed by atoms with van der Waals surface area (Å²) in [5.41, 5.74) is 1.03. The van der Waals surface area contributed by atoms with Crippen LogP contribution in [0.3, 0.4) is 0 Å². The number of carbonyl (C=O) groups excluding carboxylic acids is 1. The fourth-order valence-corrected chi connectivity index (χ4v) is 1.49. The zero-order valence-electron chi connectivity index (χ0n) is 9.20. The van der Waals surface area contributed by atoms with E-state index in [1.165, 1.54) is 0 Å². The molecule has 1 aromatic rings. The minimum atomic E-state index is 0.272. The third kappa shape index (κ3) is 4.63. The van der Waals surface area contributed by atoms with Crippen LogP contribution in [0.2, 0.25) is 0 Å². The van der Waals surface area contributed by atoms with Gasteiger partial charge in [-0.15, -0.1) is 0 Å². The van der Waals surface area contributed by atoms with Crippen molar-refractivity contribution in [3.63, 3.8) is 0 Å². The van der Waals surface area contributed by atoms with Gasteiger partial charge in [0.05, 0.1) is 0 Å². The van der Waals surface area contributed by atoms with E-state index >= 15 is 0 Å². The third-order valence-electron chi connectivity index (χ3n) is 2.41. The maximum absolute atomic E-state index is 11.4.